The van der Waals surface area contributed by atoms with E-state index in [0.717, 1.165) is 5.57 Å². The molecule has 0 heterocycles. The minimum atomic E-state index is -2.55. The summed E-state index contributed by atoms with van der Waals surface area (Å²) in [6.07, 6.45) is 0.0391. The van der Waals surface area contributed by atoms with Gasteiger partial charge in [-0.2, -0.15) is 0 Å². The standard InChI is InChI=1S/C22H30O2Si/c1-18(2)16-19(23)17-24-25(22(3,4)5,20-12-8-6-9-13-20)21-14-10-7-11-15-21/h6-15,19,23H,1,16-17H2,2-5H3/t19-/m0/s1. The normalized spacial score (nSPS) is 13.5. The van der Waals surface area contributed by atoms with E-state index in [9.17, 15) is 5.11 Å². The summed E-state index contributed by atoms with van der Waals surface area (Å²) in [5, 5.41) is 12.8. The Kier molecular flexibility index (Phi) is 6.39. The SMILES string of the molecule is C=C(C)C[C@H](O)CO[Si](c1ccccc1)(c1ccccc1)C(C)(C)C. The molecule has 134 valence electrons. The van der Waals surface area contributed by atoms with Crippen LogP contribution in [-0.2, 0) is 4.43 Å². The van der Waals surface area contributed by atoms with E-state index < -0.39 is 14.4 Å². The summed E-state index contributed by atoms with van der Waals surface area (Å²) in [4.78, 5) is 0. The molecule has 0 bridgehead atoms. The molecule has 1 atom stereocenters. The van der Waals surface area contributed by atoms with Crippen LogP contribution in [0.1, 0.15) is 34.1 Å². The smallest absolute Gasteiger partial charge is 0.261 e. The Morgan fingerprint density at radius 3 is 1.80 bits per heavy atom. The van der Waals surface area contributed by atoms with Crippen LogP contribution in [0.25, 0.3) is 0 Å². The fourth-order valence-electron chi connectivity index (χ4n) is 3.44. The monoisotopic (exact) mass is 354 g/mol. The molecule has 0 radical (unpaired) electrons. The van der Waals surface area contributed by atoms with Crippen LogP contribution in [0.15, 0.2) is 72.8 Å². The molecule has 0 unspecified atom stereocenters. The van der Waals surface area contributed by atoms with Crippen molar-refractivity contribution in [1.82, 2.24) is 0 Å². The second-order valence-electron chi connectivity index (χ2n) is 7.79. The predicted octanol–water partition coefficient (Wildman–Crippen LogP) is 3.89. The van der Waals surface area contributed by atoms with Crippen LogP contribution in [0.2, 0.25) is 5.04 Å². The molecule has 0 saturated heterocycles. The summed E-state index contributed by atoms with van der Waals surface area (Å²) in [7, 11) is -2.55. The largest absolute Gasteiger partial charge is 0.405 e. The van der Waals surface area contributed by atoms with Gasteiger partial charge in [0.25, 0.3) is 8.32 Å². The molecule has 2 aromatic carbocycles. The van der Waals surface area contributed by atoms with E-state index in [4.69, 9.17) is 4.43 Å². The van der Waals surface area contributed by atoms with Crippen molar-refractivity contribution in [3.8, 4) is 0 Å². The summed E-state index contributed by atoms with van der Waals surface area (Å²) < 4.78 is 6.68. The highest BCUT2D eigenvalue weighted by Gasteiger charge is 2.50. The van der Waals surface area contributed by atoms with Crippen LogP contribution in [0.4, 0.5) is 0 Å². The highest BCUT2D eigenvalue weighted by molar-refractivity contribution is 6.99. The topological polar surface area (TPSA) is 29.5 Å². The van der Waals surface area contributed by atoms with Crippen LogP contribution in [0, 0.1) is 0 Å². The second-order valence-corrected chi connectivity index (χ2v) is 12.1. The van der Waals surface area contributed by atoms with E-state index in [0.29, 0.717) is 13.0 Å². The summed E-state index contributed by atoms with van der Waals surface area (Å²) >= 11 is 0. The van der Waals surface area contributed by atoms with Crippen molar-refractivity contribution in [3.63, 3.8) is 0 Å². The first-order chi connectivity index (χ1) is 11.8. The van der Waals surface area contributed by atoms with Crippen LogP contribution in [0.3, 0.4) is 0 Å². The molecule has 2 aromatic rings. The number of aliphatic hydroxyl groups is 1. The van der Waals surface area contributed by atoms with Crippen molar-refractivity contribution >= 4 is 18.7 Å². The average molecular weight is 355 g/mol. The van der Waals surface area contributed by atoms with Gasteiger partial charge in [-0.1, -0.05) is 87.0 Å². The summed E-state index contributed by atoms with van der Waals surface area (Å²) in [5.74, 6) is 0. The van der Waals surface area contributed by atoms with Crippen LogP contribution < -0.4 is 10.4 Å². The highest BCUT2D eigenvalue weighted by Crippen LogP contribution is 2.36. The molecule has 3 heteroatoms. The molecule has 0 fully saturated rings. The Morgan fingerprint density at radius 1 is 1.00 bits per heavy atom. The molecule has 0 aliphatic heterocycles. The minimum Gasteiger partial charge on any atom is -0.405 e. The third kappa shape index (κ3) is 4.49. The first kappa shape index (κ1) is 19.6. The van der Waals surface area contributed by atoms with Gasteiger partial charge >= 0.3 is 0 Å². The third-order valence-corrected chi connectivity index (χ3v) is 9.50. The molecule has 0 spiro atoms. The van der Waals surface area contributed by atoms with Crippen LogP contribution >= 0.6 is 0 Å². The lowest BCUT2D eigenvalue weighted by molar-refractivity contribution is 0.103. The van der Waals surface area contributed by atoms with E-state index >= 15 is 0 Å². The number of hydrogen-bond donors (Lipinski definition) is 1. The maximum absolute atomic E-state index is 10.4. The Labute approximate surface area is 153 Å². The number of hydrogen-bond acceptors (Lipinski definition) is 2. The first-order valence-electron chi connectivity index (χ1n) is 8.85. The first-order valence-corrected chi connectivity index (χ1v) is 10.8. The second kappa shape index (κ2) is 8.13. The molecule has 0 aliphatic rings. The summed E-state index contributed by atoms with van der Waals surface area (Å²) in [6.45, 7) is 12.9. The lowest BCUT2D eigenvalue weighted by atomic mass is 10.2. The zero-order valence-corrected chi connectivity index (χ0v) is 16.8. The van der Waals surface area contributed by atoms with E-state index in [1.165, 1.54) is 10.4 Å². The van der Waals surface area contributed by atoms with Gasteiger partial charge in [0.1, 0.15) is 0 Å². The Hall–Kier alpha value is -1.68. The van der Waals surface area contributed by atoms with Crippen molar-refractivity contribution in [3.05, 3.63) is 72.8 Å². The van der Waals surface area contributed by atoms with Gasteiger partial charge in [0, 0.05) is 0 Å². The van der Waals surface area contributed by atoms with Crippen LogP contribution in [-0.4, -0.2) is 26.1 Å². The lowest BCUT2D eigenvalue weighted by Gasteiger charge is -2.43. The molecular weight excluding hydrogens is 324 g/mol. The Bertz CT molecular complexity index is 635. The summed E-state index contributed by atoms with van der Waals surface area (Å²) in [5.41, 5.74) is 0.971. The number of rotatable bonds is 7. The molecular formula is C22H30O2Si. The predicted molar refractivity (Wildman–Crippen MR) is 109 cm³/mol. The molecule has 0 aliphatic carbocycles. The summed E-state index contributed by atoms with van der Waals surface area (Å²) in [6, 6.07) is 21.0. The van der Waals surface area contributed by atoms with Crippen molar-refractivity contribution < 1.29 is 9.53 Å². The molecule has 0 amide bonds. The molecule has 2 nitrogen and oxygen atoms in total. The quantitative estimate of drug-likeness (QED) is 0.604. The van der Waals surface area contributed by atoms with E-state index in [1.54, 1.807) is 0 Å². The Balaban J connectivity index is 2.51. The fourth-order valence-corrected chi connectivity index (χ4v) is 8.04. The van der Waals surface area contributed by atoms with E-state index in [-0.39, 0.29) is 5.04 Å². The number of aliphatic hydroxyl groups excluding tert-OH is 1. The van der Waals surface area contributed by atoms with Crippen molar-refractivity contribution in [1.29, 1.82) is 0 Å². The molecule has 0 aromatic heterocycles. The van der Waals surface area contributed by atoms with Gasteiger partial charge in [-0.05, 0) is 28.8 Å². The van der Waals surface area contributed by atoms with Gasteiger partial charge in [-0.3, -0.25) is 0 Å². The highest BCUT2D eigenvalue weighted by atomic mass is 28.4. The Morgan fingerprint density at radius 2 is 1.44 bits per heavy atom. The molecule has 0 saturated carbocycles. The van der Waals surface area contributed by atoms with Crippen molar-refractivity contribution in [2.24, 2.45) is 0 Å². The van der Waals surface area contributed by atoms with Gasteiger partial charge in [0.2, 0.25) is 0 Å². The molecule has 1 N–H and O–H groups in total. The zero-order valence-electron chi connectivity index (χ0n) is 15.8. The molecule has 25 heavy (non-hydrogen) atoms. The van der Waals surface area contributed by atoms with Crippen molar-refractivity contribution in [2.45, 2.75) is 45.3 Å². The third-order valence-electron chi connectivity index (χ3n) is 4.49. The maximum atomic E-state index is 10.4. The lowest BCUT2D eigenvalue weighted by Crippen LogP contribution is -2.67. The van der Waals surface area contributed by atoms with Crippen LogP contribution in [0.5, 0.6) is 0 Å². The molecule has 2 rings (SSSR count). The van der Waals surface area contributed by atoms with E-state index in [1.807, 2.05) is 19.1 Å². The van der Waals surface area contributed by atoms with Gasteiger partial charge in [0.05, 0.1) is 12.7 Å². The van der Waals surface area contributed by atoms with Crippen molar-refractivity contribution in [2.75, 3.05) is 6.61 Å². The van der Waals surface area contributed by atoms with Gasteiger partial charge < -0.3 is 9.53 Å². The minimum absolute atomic E-state index is 0.0708. The fraction of sp³-hybridized carbons (Fsp3) is 0.364. The zero-order chi connectivity index (χ0) is 18.5. The van der Waals surface area contributed by atoms with E-state index in [2.05, 4.69) is 75.9 Å². The average Bonchev–Trinajstić information content (AvgIpc) is 2.55. The van der Waals surface area contributed by atoms with Gasteiger partial charge in [-0.15, -0.1) is 6.58 Å². The van der Waals surface area contributed by atoms with Gasteiger partial charge in [-0.25, -0.2) is 0 Å². The number of benzene rings is 2. The van der Waals surface area contributed by atoms with Gasteiger partial charge in [0.15, 0.2) is 0 Å². The maximum Gasteiger partial charge on any atom is 0.261 e.